The number of carboxylic acid groups (broad SMARTS) is 1. The van der Waals surface area contributed by atoms with Crippen molar-refractivity contribution in [3.8, 4) is 17.1 Å². The molecule has 0 aliphatic rings. The third-order valence-corrected chi connectivity index (χ3v) is 5.59. The zero-order valence-corrected chi connectivity index (χ0v) is 18.9. The third kappa shape index (κ3) is 5.67. The van der Waals surface area contributed by atoms with Crippen LogP contribution in [0.25, 0.3) is 22.3 Å². The molecular weight excluding hydrogens is 442 g/mol. The van der Waals surface area contributed by atoms with Crippen molar-refractivity contribution in [2.75, 3.05) is 0 Å². The van der Waals surface area contributed by atoms with Gasteiger partial charge < -0.3 is 9.84 Å². The number of aliphatic carboxylic acids is 1. The molecule has 35 heavy (non-hydrogen) atoms. The van der Waals surface area contributed by atoms with Crippen LogP contribution in [0.5, 0.6) is 5.75 Å². The maximum Gasteiger partial charge on any atom is 0.327 e. The second-order valence-electron chi connectivity index (χ2n) is 8.17. The molecule has 0 atom stereocenters. The maximum atomic E-state index is 10.8. The number of benzene rings is 3. The Hall–Kier alpha value is -4.59. The molecule has 2 heterocycles. The SMILES string of the molecule is O=C(O)Cn1nnc(-c2ccc(CCc3cccc(OCc4ccc5ccccc5n4)c3)cc2)n1. The molecule has 3 aromatic carbocycles. The van der Waals surface area contributed by atoms with E-state index in [-0.39, 0.29) is 6.54 Å². The molecular formula is C27H23N5O3. The predicted octanol–water partition coefficient (Wildman–Crippen LogP) is 4.34. The quantitative estimate of drug-likeness (QED) is 0.345. The Morgan fingerprint density at radius 3 is 2.57 bits per heavy atom. The first-order valence-electron chi connectivity index (χ1n) is 11.3. The number of hydrogen-bond acceptors (Lipinski definition) is 6. The van der Waals surface area contributed by atoms with E-state index in [1.807, 2.05) is 66.7 Å². The van der Waals surface area contributed by atoms with Gasteiger partial charge >= 0.3 is 5.97 Å². The Morgan fingerprint density at radius 1 is 0.886 bits per heavy atom. The minimum absolute atomic E-state index is 0.313. The van der Waals surface area contributed by atoms with Gasteiger partial charge in [-0.15, -0.1) is 10.2 Å². The average molecular weight is 466 g/mol. The fourth-order valence-corrected chi connectivity index (χ4v) is 3.79. The van der Waals surface area contributed by atoms with Crippen molar-refractivity contribution in [2.45, 2.75) is 26.0 Å². The second kappa shape index (κ2) is 10.1. The molecule has 0 saturated carbocycles. The van der Waals surface area contributed by atoms with E-state index in [1.54, 1.807) is 0 Å². The number of tetrazole rings is 1. The first-order valence-corrected chi connectivity index (χ1v) is 11.3. The Kier molecular flexibility index (Phi) is 6.43. The van der Waals surface area contributed by atoms with Gasteiger partial charge in [0.1, 0.15) is 12.4 Å². The monoisotopic (exact) mass is 465 g/mol. The van der Waals surface area contributed by atoms with Gasteiger partial charge in [0, 0.05) is 10.9 Å². The van der Waals surface area contributed by atoms with E-state index >= 15 is 0 Å². The number of pyridine rings is 1. The van der Waals surface area contributed by atoms with Crippen LogP contribution < -0.4 is 4.74 Å². The minimum Gasteiger partial charge on any atom is -0.487 e. The van der Waals surface area contributed by atoms with E-state index in [9.17, 15) is 4.79 Å². The number of aromatic nitrogens is 5. The molecule has 5 aromatic rings. The van der Waals surface area contributed by atoms with E-state index in [2.05, 4.69) is 38.6 Å². The maximum absolute atomic E-state index is 10.8. The normalized spacial score (nSPS) is 11.0. The Labute approximate surface area is 201 Å². The van der Waals surface area contributed by atoms with Gasteiger partial charge in [-0.1, -0.05) is 60.7 Å². The summed E-state index contributed by atoms with van der Waals surface area (Å²) in [7, 11) is 0. The van der Waals surface area contributed by atoms with Crippen molar-refractivity contribution in [1.29, 1.82) is 0 Å². The number of fused-ring (bicyclic) bond motifs is 1. The summed E-state index contributed by atoms with van der Waals surface area (Å²) in [6, 6.07) is 28.2. The van der Waals surface area contributed by atoms with Gasteiger partial charge in [0.25, 0.3) is 0 Å². The molecule has 8 nitrogen and oxygen atoms in total. The number of para-hydroxylation sites is 1. The highest BCUT2D eigenvalue weighted by molar-refractivity contribution is 5.78. The minimum atomic E-state index is -1.01. The zero-order chi connectivity index (χ0) is 24.0. The lowest BCUT2D eigenvalue weighted by Gasteiger charge is -2.09. The Morgan fingerprint density at radius 2 is 1.71 bits per heavy atom. The molecule has 0 aliphatic carbocycles. The molecule has 0 saturated heterocycles. The summed E-state index contributed by atoms with van der Waals surface area (Å²) in [6.45, 7) is 0.105. The van der Waals surface area contributed by atoms with Crippen LogP contribution in [0.1, 0.15) is 16.8 Å². The van der Waals surface area contributed by atoms with E-state index in [4.69, 9.17) is 9.84 Å². The number of nitrogens with zero attached hydrogens (tertiary/aromatic N) is 5. The molecule has 5 rings (SSSR count). The second-order valence-corrected chi connectivity index (χ2v) is 8.17. The molecule has 0 bridgehead atoms. The van der Waals surface area contributed by atoms with Crippen LogP contribution in [-0.2, 0) is 30.8 Å². The fourth-order valence-electron chi connectivity index (χ4n) is 3.79. The highest BCUT2D eigenvalue weighted by atomic mass is 16.5. The van der Waals surface area contributed by atoms with E-state index < -0.39 is 5.97 Å². The van der Waals surface area contributed by atoms with Crippen LogP contribution >= 0.6 is 0 Å². The van der Waals surface area contributed by atoms with Crippen LogP contribution in [0, 0.1) is 0 Å². The summed E-state index contributed by atoms with van der Waals surface area (Å²) in [6.07, 6.45) is 1.74. The van der Waals surface area contributed by atoms with Gasteiger partial charge in [-0.25, -0.2) is 4.98 Å². The van der Waals surface area contributed by atoms with Crippen molar-refractivity contribution < 1.29 is 14.6 Å². The van der Waals surface area contributed by atoms with Gasteiger partial charge in [0.15, 0.2) is 6.54 Å². The van der Waals surface area contributed by atoms with E-state index in [1.165, 1.54) is 11.1 Å². The molecule has 0 spiro atoms. The number of carbonyl (C=O) groups is 1. The molecule has 8 heteroatoms. The van der Waals surface area contributed by atoms with Gasteiger partial charge in [-0.05, 0) is 53.4 Å². The molecule has 2 aromatic heterocycles. The highest BCUT2D eigenvalue weighted by Gasteiger charge is 2.08. The third-order valence-electron chi connectivity index (χ3n) is 5.59. The van der Waals surface area contributed by atoms with E-state index in [0.717, 1.165) is 45.5 Å². The number of carboxylic acids is 1. The van der Waals surface area contributed by atoms with Gasteiger partial charge in [-0.2, -0.15) is 4.80 Å². The smallest absolute Gasteiger partial charge is 0.327 e. The van der Waals surface area contributed by atoms with Crippen molar-refractivity contribution in [3.05, 3.63) is 102 Å². The molecule has 0 unspecified atom stereocenters. The van der Waals surface area contributed by atoms with Crippen LogP contribution in [0.3, 0.4) is 0 Å². The first-order chi connectivity index (χ1) is 17.1. The number of aryl methyl sites for hydroxylation is 2. The van der Waals surface area contributed by atoms with Crippen LogP contribution in [0.15, 0.2) is 84.9 Å². The molecule has 0 aliphatic heterocycles. The molecule has 0 fully saturated rings. The summed E-state index contributed by atoms with van der Waals surface area (Å²) in [4.78, 5) is 16.5. The first kappa shape index (κ1) is 22.2. The summed E-state index contributed by atoms with van der Waals surface area (Å²) in [5.74, 6) is 0.219. The van der Waals surface area contributed by atoms with Crippen molar-refractivity contribution in [2.24, 2.45) is 0 Å². The van der Waals surface area contributed by atoms with Gasteiger partial charge in [-0.3, -0.25) is 4.79 Å². The molecule has 0 radical (unpaired) electrons. The number of hydrogen-bond donors (Lipinski definition) is 1. The molecule has 0 amide bonds. The summed E-state index contributed by atoms with van der Waals surface area (Å²) in [5, 5.41) is 21.7. The number of rotatable bonds is 9. The lowest BCUT2D eigenvalue weighted by molar-refractivity contribution is -0.138. The number of ether oxygens (including phenoxy) is 1. The van der Waals surface area contributed by atoms with Crippen molar-refractivity contribution in [3.63, 3.8) is 0 Å². The predicted molar refractivity (Wildman–Crippen MR) is 131 cm³/mol. The molecule has 174 valence electrons. The van der Waals surface area contributed by atoms with Crippen LogP contribution in [0.4, 0.5) is 0 Å². The van der Waals surface area contributed by atoms with Crippen LogP contribution in [-0.4, -0.2) is 36.3 Å². The summed E-state index contributed by atoms with van der Waals surface area (Å²) >= 11 is 0. The lowest BCUT2D eigenvalue weighted by Crippen LogP contribution is -2.11. The Bertz CT molecular complexity index is 1460. The zero-order valence-electron chi connectivity index (χ0n) is 18.9. The van der Waals surface area contributed by atoms with Crippen molar-refractivity contribution >= 4 is 16.9 Å². The molecule has 1 N–H and O–H groups in total. The van der Waals surface area contributed by atoms with Gasteiger partial charge in [0.2, 0.25) is 5.82 Å². The fraction of sp³-hybridized carbons (Fsp3) is 0.148. The Balaban J connectivity index is 1.17. The summed E-state index contributed by atoms with van der Waals surface area (Å²) < 4.78 is 6.00. The van der Waals surface area contributed by atoms with Crippen molar-refractivity contribution in [1.82, 2.24) is 25.2 Å². The average Bonchev–Trinajstić information content (AvgIpc) is 3.34. The van der Waals surface area contributed by atoms with Gasteiger partial charge in [0.05, 0.1) is 11.2 Å². The largest absolute Gasteiger partial charge is 0.487 e. The van der Waals surface area contributed by atoms with E-state index in [0.29, 0.717) is 12.4 Å². The standard InChI is InChI=1S/C27H23N5O3/c33-26(34)17-32-30-27(29-31-32)22-12-10-19(11-13-22)8-9-20-4-3-6-24(16-20)35-18-23-15-14-21-5-1-2-7-25(21)28-23/h1-7,10-16H,8-9,17-18H2,(H,33,34). The topological polar surface area (TPSA) is 103 Å². The highest BCUT2D eigenvalue weighted by Crippen LogP contribution is 2.19. The van der Waals surface area contributed by atoms with Crippen LogP contribution in [0.2, 0.25) is 0 Å². The summed E-state index contributed by atoms with van der Waals surface area (Å²) in [5.41, 5.74) is 5.03. The lowest BCUT2D eigenvalue weighted by atomic mass is 10.0.